The highest BCUT2D eigenvalue weighted by Crippen LogP contribution is 2.32. The number of benzene rings is 1. The van der Waals surface area contributed by atoms with Gasteiger partial charge in [0.15, 0.2) is 0 Å². The molecule has 1 aliphatic heterocycles. The first-order chi connectivity index (χ1) is 16.7. The molecule has 1 aliphatic carbocycles. The summed E-state index contributed by atoms with van der Waals surface area (Å²) in [7, 11) is 0. The van der Waals surface area contributed by atoms with Crippen LogP contribution in [0.3, 0.4) is 0 Å². The van der Waals surface area contributed by atoms with E-state index in [2.05, 4.69) is 5.32 Å². The molecular formula is C27H40N2O6. The monoisotopic (exact) mass is 488 g/mol. The maximum absolute atomic E-state index is 13.7. The average Bonchev–Trinajstić information content (AvgIpc) is 2.93. The van der Waals surface area contributed by atoms with Crippen molar-refractivity contribution in [3.05, 3.63) is 24.3 Å². The van der Waals surface area contributed by atoms with Gasteiger partial charge in [-0.15, -0.1) is 0 Å². The highest BCUT2D eigenvalue weighted by molar-refractivity contribution is 6.02. The third-order valence-corrected chi connectivity index (χ3v) is 6.39. The molecule has 1 aromatic rings. The zero-order valence-electron chi connectivity index (χ0n) is 21.5. The molecule has 2 atom stereocenters. The first-order valence-electron chi connectivity index (χ1n) is 12.9. The topological polar surface area (TPSA) is 94.2 Å². The van der Waals surface area contributed by atoms with Crippen LogP contribution in [0.1, 0.15) is 72.6 Å². The number of nitrogens with zero attached hydrogens (tertiary/aromatic N) is 1. The SMILES string of the molecule is CCOC(=O)[C@H](CCC1CCCCC1)NC1COc2ccccc2N(CC(=O)OC(C)(C)C)C1=O. The Balaban J connectivity index is 1.77. The van der Waals surface area contributed by atoms with Crippen molar-refractivity contribution in [1.82, 2.24) is 5.32 Å². The molecule has 1 aromatic carbocycles. The van der Waals surface area contributed by atoms with Gasteiger partial charge in [0.05, 0.1) is 12.3 Å². The standard InChI is InChI=1S/C27H40N2O6/c1-5-33-26(32)20(16-15-19-11-7-6-8-12-19)28-21-18-34-23-14-10-9-13-22(23)29(25(21)31)17-24(30)35-27(2,3)4/h9-10,13-14,19-21,28H,5-8,11-12,15-18H2,1-4H3/t20-,21?/m0/s1. The van der Waals surface area contributed by atoms with E-state index < -0.39 is 23.7 Å². The molecule has 1 unspecified atom stereocenters. The molecule has 0 bridgehead atoms. The van der Waals surface area contributed by atoms with Gasteiger partial charge in [0.1, 0.15) is 36.6 Å². The van der Waals surface area contributed by atoms with E-state index in [1.165, 1.54) is 37.0 Å². The number of carbonyl (C=O) groups is 3. The van der Waals surface area contributed by atoms with Crippen molar-refractivity contribution in [2.45, 2.75) is 90.3 Å². The predicted octanol–water partition coefficient (Wildman–Crippen LogP) is 4.00. The second-order valence-corrected chi connectivity index (χ2v) is 10.4. The van der Waals surface area contributed by atoms with E-state index in [1.807, 2.05) is 6.07 Å². The Labute approximate surface area is 208 Å². The van der Waals surface area contributed by atoms with Gasteiger partial charge in [0.25, 0.3) is 0 Å². The van der Waals surface area contributed by atoms with E-state index >= 15 is 0 Å². The largest absolute Gasteiger partial charge is 0.489 e. The van der Waals surface area contributed by atoms with Crippen LogP contribution in [0.25, 0.3) is 0 Å². The lowest BCUT2D eigenvalue weighted by atomic mass is 9.85. The van der Waals surface area contributed by atoms with Crippen LogP contribution in [0.4, 0.5) is 5.69 Å². The molecule has 0 spiro atoms. The second-order valence-electron chi connectivity index (χ2n) is 10.4. The number of anilines is 1. The molecule has 0 radical (unpaired) electrons. The van der Waals surface area contributed by atoms with Crippen LogP contribution in [0.5, 0.6) is 5.75 Å². The van der Waals surface area contributed by atoms with Gasteiger partial charge in [-0.1, -0.05) is 44.2 Å². The van der Waals surface area contributed by atoms with Crippen LogP contribution in [0.2, 0.25) is 0 Å². The zero-order chi connectivity index (χ0) is 25.4. The van der Waals surface area contributed by atoms with Gasteiger partial charge in [-0.2, -0.15) is 0 Å². The number of carbonyl (C=O) groups excluding carboxylic acids is 3. The first-order valence-corrected chi connectivity index (χ1v) is 12.9. The Morgan fingerprint density at radius 2 is 1.89 bits per heavy atom. The summed E-state index contributed by atoms with van der Waals surface area (Å²) in [6.07, 6.45) is 7.59. The summed E-state index contributed by atoms with van der Waals surface area (Å²) in [6.45, 7) is 7.19. The van der Waals surface area contributed by atoms with Gasteiger partial charge in [-0.3, -0.25) is 24.6 Å². The zero-order valence-corrected chi connectivity index (χ0v) is 21.5. The Hall–Kier alpha value is -2.61. The lowest BCUT2D eigenvalue weighted by Gasteiger charge is -2.29. The molecule has 194 valence electrons. The van der Waals surface area contributed by atoms with E-state index in [0.29, 0.717) is 23.8 Å². The van der Waals surface area contributed by atoms with Crippen molar-refractivity contribution < 1.29 is 28.6 Å². The van der Waals surface area contributed by atoms with Crippen LogP contribution < -0.4 is 15.0 Å². The fourth-order valence-electron chi connectivity index (χ4n) is 4.77. The lowest BCUT2D eigenvalue weighted by molar-refractivity contribution is -0.154. The molecule has 3 rings (SSSR count). The molecule has 1 saturated carbocycles. The van der Waals surface area contributed by atoms with Gasteiger partial charge in [-0.05, 0) is 58.6 Å². The van der Waals surface area contributed by atoms with Crippen LogP contribution in [0.15, 0.2) is 24.3 Å². The average molecular weight is 489 g/mol. The third-order valence-electron chi connectivity index (χ3n) is 6.39. The van der Waals surface area contributed by atoms with Gasteiger partial charge in [-0.25, -0.2) is 0 Å². The molecule has 0 saturated heterocycles. The summed E-state index contributed by atoms with van der Waals surface area (Å²) in [5, 5.41) is 3.21. The van der Waals surface area contributed by atoms with E-state index in [-0.39, 0.29) is 31.6 Å². The minimum Gasteiger partial charge on any atom is -0.489 e. The third kappa shape index (κ3) is 7.95. The van der Waals surface area contributed by atoms with Crippen molar-refractivity contribution in [1.29, 1.82) is 0 Å². The highest BCUT2D eigenvalue weighted by atomic mass is 16.6. The Bertz CT molecular complexity index is 875. The molecule has 0 aromatic heterocycles. The molecule has 8 nitrogen and oxygen atoms in total. The molecule has 35 heavy (non-hydrogen) atoms. The predicted molar refractivity (Wildman–Crippen MR) is 133 cm³/mol. The van der Waals surface area contributed by atoms with Gasteiger partial charge >= 0.3 is 11.9 Å². The number of amides is 1. The van der Waals surface area contributed by atoms with E-state index in [9.17, 15) is 14.4 Å². The summed E-state index contributed by atoms with van der Waals surface area (Å²) in [4.78, 5) is 40.5. The van der Waals surface area contributed by atoms with Crippen molar-refractivity contribution in [2.75, 3.05) is 24.7 Å². The number of rotatable bonds is 9. The number of hydrogen-bond acceptors (Lipinski definition) is 7. The highest BCUT2D eigenvalue weighted by Gasteiger charge is 2.36. The van der Waals surface area contributed by atoms with Gasteiger partial charge in [0.2, 0.25) is 5.91 Å². The Kier molecular flexibility index (Phi) is 9.55. The summed E-state index contributed by atoms with van der Waals surface area (Å²) in [5.74, 6) is -0.120. The number of nitrogens with one attached hydrogen (secondary N) is 1. The number of para-hydroxylation sites is 2. The first kappa shape index (κ1) is 27.0. The normalized spacial score (nSPS) is 19.8. The van der Waals surface area contributed by atoms with Crippen molar-refractivity contribution in [3.63, 3.8) is 0 Å². The van der Waals surface area contributed by atoms with E-state index in [0.717, 1.165) is 6.42 Å². The van der Waals surface area contributed by atoms with Crippen LogP contribution >= 0.6 is 0 Å². The lowest BCUT2D eigenvalue weighted by Crippen LogP contribution is -2.55. The van der Waals surface area contributed by atoms with Crippen molar-refractivity contribution >= 4 is 23.5 Å². The molecule has 2 aliphatic rings. The molecule has 1 N–H and O–H groups in total. The Morgan fingerprint density at radius 3 is 2.57 bits per heavy atom. The quantitative estimate of drug-likeness (QED) is 0.525. The summed E-state index contributed by atoms with van der Waals surface area (Å²) < 4.78 is 16.7. The summed E-state index contributed by atoms with van der Waals surface area (Å²) in [5.41, 5.74) is -0.170. The minimum absolute atomic E-state index is 0.0417. The smallest absolute Gasteiger partial charge is 0.326 e. The fourth-order valence-corrected chi connectivity index (χ4v) is 4.77. The summed E-state index contributed by atoms with van der Waals surface area (Å²) in [6, 6.07) is 5.67. The van der Waals surface area contributed by atoms with Crippen LogP contribution in [-0.4, -0.2) is 55.3 Å². The number of ether oxygens (including phenoxy) is 3. The second kappa shape index (κ2) is 12.4. The van der Waals surface area contributed by atoms with Crippen molar-refractivity contribution in [3.8, 4) is 5.75 Å². The number of fused-ring (bicyclic) bond motifs is 1. The number of esters is 2. The van der Waals surface area contributed by atoms with Crippen molar-refractivity contribution in [2.24, 2.45) is 5.92 Å². The minimum atomic E-state index is -0.814. The van der Waals surface area contributed by atoms with Crippen LogP contribution in [-0.2, 0) is 23.9 Å². The number of hydrogen-bond donors (Lipinski definition) is 1. The van der Waals surface area contributed by atoms with Gasteiger partial charge in [0, 0.05) is 0 Å². The van der Waals surface area contributed by atoms with Gasteiger partial charge < -0.3 is 14.2 Å². The molecule has 1 heterocycles. The van der Waals surface area contributed by atoms with E-state index in [4.69, 9.17) is 14.2 Å². The molecule has 1 amide bonds. The molecular weight excluding hydrogens is 448 g/mol. The Morgan fingerprint density at radius 1 is 1.17 bits per heavy atom. The maximum Gasteiger partial charge on any atom is 0.326 e. The fraction of sp³-hybridized carbons (Fsp3) is 0.667. The molecule has 8 heteroatoms. The molecule has 1 fully saturated rings. The van der Waals surface area contributed by atoms with E-state index in [1.54, 1.807) is 45.9 Å². The van der Waals surface area contributed by atoms with Crippen LogP contribution in [0, 0.1) is 5.92 Å². The summed E-state index contributed by atoms with van der Waals surface area (Å²) >= 11 is 0. The maximum atomic E-state index is 13.7.